The first-order valence-corrected chi connectivity index (χ1v) is 13.9. The van der Waals surface area contributed by atoms with E-state index in [-0.39, 0.29) is 0 Å². The van der Waals surface area contributed by atoms with Gasteiger partial charge in [0.05, 0.1) is 0 Å². The summed E-state index contributed by atoms with van der Waals surface area (Å²) < 4.78 is 8.75. The molecule has 6 aromatic carbocycles. The van der Waals surface area contributed by atoms with Crippen LogP contribution in [0.3, 0.4) is 0 Å². The highest BCUT2D eigenvalue weighted by Crippen LogP contribution is 2.46. The van der Waals surface area contributed by atoms with Crippen molar-refractivity contribution < 1.29 is 4.42 Å². The van der Waals surface area contributed by atoms with Crippen molar-refractivity contribution in [2.75, 3.05) is 4.90 Å². The Balaban J connectivity index is 1.44. The summed E-state index contributed by atoms with van der Waals surface area (Å²) in [5.41, 5.74) is 7.65. The second-order valence-electron chi connectivity index (χ2n) is 9.78. The Hall–Kier alpha value is -4.86. The average molecular weight is 518 g/mol. The summed E-state index contributed by atoms with van der Waals surface area (Å²) in [6.45, 7) is 0. The molecule has 8 rings (SSSR count). The number of anilines is 3. The zero-order chi connectivity index (χ0) is 25.8. The van der Waals surface area contributed by atoms with Gasteiger partial charge in [0.15, 0.2) is 0 Å². The third-order valence-corrected chi connectivity index (χ3v) is 8.66. The molecule has 0 aliphatic heterocycles. The summed E-state index contributed by atoms with van der Waals surface area (Å²) in [4.78, 5) is 2.35. The molecule has 2 aromatic heterocycles. The van der Waals surface area contributed by atoms with E-state index in [1.807, 2.05) is 23.5 Å². The molecule has 0 unspecified atom stereocenters. The Kier molecular flexibility index (Phi) is 5.04. The Labute approximate surface area is 230 Å². The summed E-state index contributed by atoms with van der Waals surface area (Å²) in [6.07, 6.45) is 0. The smallest absolute Gasteiger partial charge is 0.135 e. The van der Waals surface area contributed by atoms with Crippen LogP contribution in [0.5, 0.6) is 0 Å². The highest BCUT2D eigenvalue weighted by Gasteiger charge is 2.19. The van der Waals surface area contributed by atoms with Crippen LogP contribution < -0.4 is 4.90 Å². The fourth-order valence-electron chi connectivity index (χ4n) is 5.65. The monoisotopic (exact) mass is 517 g/mol. The van der Waals surface area contributed by atoms with E-state index in [1.54, 1.807) is 0 Å². The van der Waals surface area contributed by atoms with Crippen LogP contribution in [-0.4, -0.2) is 0 Å². The van der Waals surface area contributed by atoms with Crippen molar-refractivity contribution in [3.05, 3.63) is 140 Å². The van der Waals surface area contributed by atoms with Gasteiger partial charge >= 0.3 is 0 Å². The lowest BCUT2D eigenvalue weighted by atomic mass is 9.99. The fourth-order valence-corrected chi connectivity index (χ4v) is 6.87. The van der Waals surface area contributed by atoms with E-state index in [4.69, 9.17) is 4.42 Å². The van der Waals surface area contributed by atoms with Crippen molar-refractivity contribution in [1.29, 1.82) is 0 Å². The minimum atomic E-state index is 0.916. The van der Waals surface area contributed by atoms with Crippen molar-refractivity contribution in [3.63, 3.8) is 0 Å². The fraction of sp³-hybridized carbons (Fsp3) is 0. The van der Waals surface area contributed by atoms with Gasteiger partial charge in [0.2, 0.25) is 0 Å². The summed E-state index contributed by atoms with van der Waals surface area (Å²) in [5, 5.41) is 4.85. The number of furan rings is 1. The van der Waals surface area contributed by atoms with Crippen LogP contribution in [0.1, 0.15) is 0 Å². The van der Waals surface area contributed by atoms with Gasteiger partial charge in [0, 0.05) is 53.6 Å². The van der Waals surface area contributed by atoms with Gasteiger partial charge < -0.3 is 9.32 Å². The van der Waals surface area contributed by atoms with Crippen LogP contribution in [0, 0.1) is 0 Å². The molecule has 0 fully saturated rings. The number of fused-ring (bicyclic) bond motifs is 6. The predicted molar refractivity (Wildman–Crippen MR) is 167 cm³/mol. The zero-order valence-electron chi connectivity index (χ0n) is 21.0. The number of rotatable bonds is 4. The van der Waals surface area contributed by atoms with Crippen LogP contribution in [0.25, 0.3) is 53.2 Å². The third kappa shape index (κ3) is 3.63. The molecule has 0 N–H and O–H groups in total. The molecule has 0 aliphatic carbocycles. The Morgan fingerprint density at radius 1 is 0.462 bits per heavy atom. The van der Waals surface area contributed by atoms with Gasteiger partial charge in [-0.15, -0.1) is 11.3 Å². The average Bonchev–Trinajstić information content (AvgIpc) is 3.56. The van der Waals surface area contributed by atoms with Crippen LogP contribution in [0.2, 0.25) is 0 Å². The van der Waals surface area contributed by atoms with Crippen LogP contribution in [-0.2, 0) is 0 Å². The van der Waals surface area contributed by atoms with E-state index in [1.165, 1.54) is 31.3 Å². The van der Waals surface area contributed by atoms with Crippen molar-refractivity contribution in [2.24, 2.45) is 0 Å². The Morgan fingerprint density at radius 2 is 1.10 bits per heavy atom. The van der Waals surface area contributed by atoms with Crippen molar-refractivity contribution in [1.82, 2.24) is 0 Å². The lowest BCUT2D eigenvalue weighted by Crippen LogP contribution is -2.09. The Morgan fingerprint density at radius 3 is 1.87 bits per heavy atom. The van der Waals surface area contributed by atoms with Gasteiger partial charge in [-0.2, -0.15) is 0 Å². The SMILES string of the molecule is c1ccc(N(c2ccccc2)c2cc(-c3ccc4oc5ccccc5c4c3)c3sc4ccccc4c3c2)cc1. The molecule has 184 valence electrons. The molecule has 0 bridgehead atoms. The molecule has 3 heteroatoms. The lowest BCUT2D eigenvalue weighted by molar-refractivity contribution is 0.669. The van der Waals surface area contributed by atoms with Gasteiger partial charge in [-0.3, -0.25) is 0 Å². The van der Waals surface area contributed by atoms with Crippen molar-refractivity contribution in [2.45, 2.75) is 0 Å². The van der Waals surface area contributed by atoms with E-state index >= 15 is 0 Å². The maximum atomic E-state index is 6.15. The predicted octanol–water partition coefficient (Wildman–Crippen LogP) is 11.1. The first kappa shape index (κ1) is 22.2. The van der Waals surface area contributed by atoms with E-state index in [0.717, 1.165) is 39.0 Å². The molecule has 0 saturated carbocycles. The first-order valence-electron chi connectivity index (χ1n) is 13.1. The minimum Gasteiger partial charge on any atom is -0.456 e. The number of para-hydroxylation sites is 3. The van der Waals surface area contributed by atoms with E-state index < -0.39 is 0 Å². The molecule has 2 heterocycles. The van der Waals surface area contributed by atoms with Crippen molar-refractivity contribution >= 4 is 70.5 Å². The van der Waals surface area contributed by atoms with Crippen LogP contribution >= 0.6 is 11.3 Å². The highest BCUT2D eigenvalue weighted by atomic mass is 32.1. The number of nitrogens with zero attached hydrogens (tertiary/aromatic N) is 1. The first-order chi connectivity index (χ1) is 19.3. The van der Waals surface area contributed by atoms with E-state index in [9.17, 15) is 0 Å². The molecule has 0 saturated heterocycles. The molecular formula is C36H23NOS. The summed E-state index contributed by atoms with van der Waals surface area (Å²) in [7, 11) is 0. The van der Waals surface area contributed by atoms with Gasteiger partial charge in [-0.25, -0.2) is 0 Å². The number of benzene rings is 6. The van der Waals surface area contributed by atoms with Crippen molar-refractivity contribution in [3.8, 4) is 11.1 Å². The molecule has 0 aliphatic rings. The zero-order valence-corrected chi connectivity index (χ0v) is 21.9. The maximum Gasteiger partial charge on any atom is 0.135 e. The number of thiophene rings is 1. The second kappa shape index (κ2) is 8.87. The molecule has 0 radical (unpaired) electrons. The standard InChI is InChI=1S/C36H23NOS/c1-3-11-25(12-4-1)37(26-13-5-2-6-14-26)27-22-30(36-32(23-27)29-16-8-10-18-35(29)39-36)24-19-20-34-31(21-24)28-15-7-9-17-33(28)38-34/h1-23H. The number of hydrogen-bond donors (Lipinski definition) is 0. The topological polar surface area (TPSA) is 16.4 Å². The molecule has 2 nitrogen and oxygen atoms in total. The normalized spacial score (nSPS) is 11.6. The van der Waals surface area contributed by atoms with Crippen LogP contribution in [0.15, 0.2) is 144 Å². The molecule has 39 heavy (non-hydrogen) atoms. The highest BCUT2D eigenvalue weighted by molar-refractivity contribution is 7.26. The van der Waals surface area contributed by atoms with Gasteiger partial charge in [0.25, 0.3) is 0 Å². The summed E-state index contributed by atoms with van der Waals surface area (Å²) >= 11 is 1.86. The van der Waals surface area contributed by atoms with Gasteiger partial charge in [0.1, 0.15) is 11.2 Å². The molecular weight excluding hydrogens is 494 g/mol. The second-order valence-corrected chi connectivity index (χ2v) is 10.8. The molecule has 0 amide bonds. The lowest BCUT2D eigenvalue weighted by Gasteiger charge is -2.26. The third-order valence-electron chi connectivity index (χ3n) is 7.44. The largest absolute Gasteiger partial charge is 0.456 e. The number of hydrogen-bond acceptors (Lipinski definition) is 3. The summed E-state index contributed by atoms with van der Waals surface area (Å²) in [6, 6.07) is 49.5. The van der Waals surface area contributed by atoms with Gasteiger partial charge in [-0.1, -0.05) is 78.9 Å². The quantitative estimate of drug-likeness (QED) is 0.231. The van der Waals surface area contributed by atoms with E-state index in [0.29, 0.717) is 0 Å². The van der Waals surface area contributed by atoms with E-state index in [2.05, 4.69) is 132 Å². The molecule has 0 spiro atoms. The maximum absolute atomic E-state index is 6.15. The summed E-state index contributed by atoms with van der Waals surface area (Å²) in [5.74, 6) is 0. The Bertz CT molecular complexity index is 2080. The molecule has 8 aromatic rings. The van der Waals surface area contributed by atoms with Crippen LogP contribution in [0.4, 0.5) is 17.1 Å². The van der Waals surface area contributed by atoms with Gasteiger partial charge in [-0.05, 0) is 66.2 Å². The molecule has 0 atom stereocenters. The minimum absolute atomic E-state index is 0.916.